The van der Waals surface area contributed by atoms with Crippen LogP contribution in [0.25, 0.3) is 0 Å². The number of likely N-dealkylation sites (N-methyl/N-ethyl adjacent to an activating group) is 1. The second-order valence-electron chi connectivity index (χ2n) is 5.05. The third-order valence-corrected chi connectivity index (χ3v) is 3.09. The number of carboxylic acid groups (broad SMARTS) is 1. The van der Waals surface area contributed by atoms with Gasteiger partial charge in [-0.1, -0.05) is 6.92 Å². The number of aliphatic carboxylic acids is 1. The number of nitrogens with zero attached hydrogens (tertiary/aromatic N) is 2. The molecule has 0 aromatic carbocycles. The third-order valence-electron chi connectivity index (χ3n) is 3.09. The summed E-state index contributed by atoms with van der Waals surface area (Å²) in [5.41, 5.74) is 0. The summed E-state index contributed by atoms with van der Waals surface area (Å²) in [6, 6.07) is -0.328. The van der Waals surface area contributed by atoms with Crippen LogP contribution in [0.4, 0.5) is 4.79 Å². The second-order valence-corrected chi connectivity index (χ2v) is 5.05. The van der Waals surface area contributed by atoms with E-state index in [1.54, 1.807) is 0 Å². The van der Waals surface area contributed by atoms with Gasteiger partial charge in [-0.25, -0.2) is 4.79 Å². The van der Waals surface area contributed by atoms with Crippen molar-refractivity contribution in [1.82, 2.24) is 15.1 Å². The zero-order valence-corrected chi connectivity index (χ0v) is 11.2. The summed E-state index contributed by atoms with van der Waals surface area (Å²) in [5, 5.41) is 11.3. The van der Waals surface area contributed by atoms with Gasteiger partial charge in [-0.05, 0) is 31.8 Å². The lowest BCUT2D eigenvalue weighted by molar-refractivity contribution is -0.137. The molecule has 0 spiro atoms. The van der Waals surface area contributed by atoms with Crippen LogP contribution in [0, 0.1) is 5.92 Å². The van der Waals surface area contributed by atoms with Crippen molar-refractivity contribution >= 4 is 12.0 Å². The smallest absolute Gasteiger partial charge is 0.323 e. The van der Waals surface area contributed by atoms with Crippen molar-refractivity contribution < 1.29 is 14.7 Å². The number of carboxylic acids is 1. The fourth-order valence-electron chi connectivity index (χ4n) is 2.14. The van der Waals surface area contributed by atoms with Crippen LogP contribution in [-0.2, 0) is 4.79 Å². The Kier molecular flexibility index (Phi) is 5.91. The van der Waals surface area contributed by atoms with E-state index >= 15 is 0 Å². The SMILES string of the molecule is CC(CNC(=O)N(C)CC(=O)O)CN1CCCC1. The minimum Gasteiger partial charge on any atom is -0.480 e. The van der Waals surface area contributed by atoms with Gasteiger partial charge in [0.15, 0.2) is 0 Å². The van der Waals surface area contributed by atoms with Crippen molar-refractivity contribution in [3.63, 3.8) is 0 Å². The first kappa shape index (κ1) is 14.8. The minimum atomic E-state index is -1.00. The van der Waals surface area contributed by atoms with Gasteiger partial charge in [-0.3, -0.25) is 4.79 Å². The van der Waals surface area contributed by atoms with E-state index in [1.165, 1.54) is 24.8 Å². The zero-order valence-electron chi connectivity index (χ0n) is 11.2. The summed E-state index contributed by atoms with van der Waals surface area (Å²) in [6.45, 7) is 5.69. The van der Waals surface area contributed by atoms with Gasteiger partial charge in [0, 0.05) is 20.1 Å². The molecule has 6 heteroatoms. The van der Waals surface area contributed by atoms with Crippen molar-refractivity contribution in [2.24, 2.45) is 5.92 Å². The molecule has 2 amide bonds. The Bertz CT molecular complexity index is 290. The molecule has 1 fully saturated rings. The monoisotopic (exact) mass is 257 g/mol. The van der Waals surface area contributed by atoms with Gasteiger partial charge in [0.1, 0.15) is 6.54 Å². The van der Waals surface area contributed by atoms with Gasteiger partial charge >= 0.3 is 12.0 Å². The molecule has 1 rings (SSSR count). The number of hydrogen-bond acceptors (Lipinski definition) is 3. The van der Waals surface area contributed by atoms with Gasteiger partial charge in [0.2, 0.25) is 0 Å². The first-order chi connectivity index (χ1) is 8.49. The van der Waals surface area contributed by atoms with Crippen LogP contribution in [0.2, 0.25) is 0 Å². The van der Waals surface area contributed by atoms with Crippen molar-refractivity contribution in [1.29, 1.82) is 0 Å². The van der Waals surface area contributed by atoms with E-state index in [0.29, 0.717) is 12.5 Å². The van der Waals surface area contributed by atoms with Crippen LogP contribution >= 0.6 is 0 Å². The van der Waals surface area contributed by atoms with E-state index < -0.39 is 5.97 Å². The minimum absolute atomic E-state index is 0.271. The van der Waals surface area contributed by atoms with Gasteiger partial charge in [0.05, 0.1) is 0 Å². The highest BCUT2D eigenvalue weighted by Gasteiger charge is 2.16. The lowest BCUT2D eigenvalue weighted by atomic mass is 10.1. The molecule has 1 saturated heterocycles. The van der Waals surface area contributed by atoms with Crippen molar-refractivity contribution in [2.75, 3.05) is 39.8 Å². The van der Waals surface area contributed by atoms with E-state index in [0.717, 1.165) is 19.6 Å². The number of likely N-dealkylation sites (tertiary alicyclic amines) is 1. The molecule has 0 radical (unpaired) electrons. The average molecular weight is 257 g/mol. The summed E-state index contributed by atoms with van der Waals surface area (Å²) >= 11 is 0. The molecule has 0 aromatic rings. The highest BCUT2D eigenvalue weighted by Crippen LogP contribution is 2.09. The fourth-order valence-corrected chi connectivity index (χ4v) is 2.14. The Morgan fingerprint density at radius 2 is 2.00 bits per heavy atom. The summed E-state index contributed by atoms with van der Waals surface area (Å²) < 4.78 is 0. The average Bonchev–Trinajstić information content (AvgIpc) is 2.77. The lowest BCUT2D eigenvalue weighted by Gasteiger charge is -2.22. The van der Waals surface area contributed by atoms with Gasteiger partial charge in [0.25, 0.3) is 0 Å². The Morgan fingerprint density at radius 3 is 2.56 bits per heavy atom. The molecule has 0 aromatic heterocycles. The molecule has 1 atom stereocenters. The lowest BCUT2D eigenvalue weighted by Crippen LogP contribution is -2.42. The fraction of sp³-hybridized carbons (Fsp3) is 0.833. The zero-order chi connectivity index (χ0) is 13.5. The Labute approximate surface area is 108 Å². The maximum absolute atomic E-state index is 11.6. The highest BCUT2D eigenvalue weighted by molar-refractivity contribution is 5.79. The Morgan fingerprint density at radius 1 is 1.39 bits per heavy atom. The highest BCUT2D eigenvalue weighted by atomic mass is 16.4. The van der Waals surface area contributed by atoms with Crippen LogP contribution in [-0.4, -0.2) is 66.7 Å². The predicted molar refractivity (Wildman–Crippen MR) is 68.5 cm³/mol. The predicted octanol–water partition coefficient (Wildman–Crippen LogP) is 0.444. The quantitative estimate of drug-likeness (QED) is 0.724. The van der Waals surface area contributed by atoms with E-state index in [2.05, 4.69) is 17.1 Å². The first-order valence-corrected chi connectivity index (χ1v) is 6.42. The number of carbonyl (C=O) groups is 2. The van der Waals surface area contributed by atoms with E-state index in [-0.39, 0.29) is 12.6 Å². The molecule has 1 aliphatic heterocycles. The molecule has 0 aliphatic carbocycles. The molecule has 6 nitrogen and oxygen atoms in total. The molecule has 18 heavy (non-hydrogen) atoms. The number of urea groups is 1. The van der Waals surface area contributed by atoms with Crippen LogP contribution in [0.1, 0.15) is 19.8 Å². The van der Waals surface area contributed by atoms with Gasteiger partial charge in [-0.2, -0.15) is 0 Å². The maximum Gasteiger partial charge on any atom is 0.323 e. The topological polar surface area (TPSA) is 72.9 Å². The van der Waals surface area contributed by atoms with E-state index in [1.807, 2.05) is 0 Å². The molecule has 1 unspecified atom stereocenters. The summed E-state index contributed by atoms with van der Waals surface area (Å²) in [7, 11) is 1.48. The Balaban J connectivity index is 2.18. The first-order valence-electron chi connectivity index (χ1n) is 6.42. The van der Waals surface area contributed by atoms with Gasteiger partial charge in [-0.15, -0.1) is 0 Å². The number of rotatable bonds is 6. The molecule has 1 aliphatic rings. The molecule has 1 heterocycles. The van der Waals surface area contributed by atoms with Crippen molar-refractivity contribution in [3.8, 4) is 0 Å². The largest absolute Gasteiger partial charge is 0.480 e. The number of amides is 2. The molecule has 0 bridgehead atoms. The van der Waals surface area contributed by atoms with Gasteiger partial charge < -0.3 is 20.2 Å². The maximum atomic E-state index is 11.6. The molecular weight excluding hydrogens is 234 g/mol. The van der Waals surface area contributed by atoms with Crippen LogP contribution in [0.3, 0.4) is 0 Å². The second kappa shape index (κ2) is 7.20. The molecule has 104 valence electrons. The van der Waals surface area contributed by atoms with Crippen LogP contribution in [0.5, 0.6) is 0 Å². The molecule has 2 N–H and O–H groups in total. The standard InChI is InChI=1S/C12H23N3O3/c1-10(8-15-5-3-4-6-15)7-13-12(18)14(2)9-11(16)17/h10H,3-9H2,1-2H3,(H,13,18)(H,16,17). The summed E-state index contributed by atoms with van der Waals surface area (Å²) in [5.74, 6) is -0.622. The summed E-state index contributed by atoms with van der Waals surface area (Å²) in [4.78, 5) is 25.6. The summed E-state index contributed by atoms with van der Waals surface area (Å²) in [6.07, 6.45) is 2.53. The van der Waals surface area contributed by atoms with Crippen LogP contribution < -0.4 is 5.32 Å². The van der Waals surface area contributed by atoms with Crippen molar-refractivity contribution in [2.45, 2.75) is 19.8 Å². The molecular formula is C12H23N3O3. The van der Waals surface area contributed by atoms with Crippen molar-refractivity contribution in [3.05, 3.63) is 0 Å². The number of carbonyl (C=O) groups excluding carboxylic acids is 1. The number of hydrogen-bond donors (Lipinski definition) is 2. The molecule has 0 saturated carbocycles. The van der Waals surface area contributed by atoms with E-state index in [9.17, 15) is 9.59 Å². The van der Waals surface area contributed by atoms with Crippen LogP contribution in [0.15, 0.2) is 0 Å². The number of nitrogens with one attached hydrogen (secondary N) is 1. The normalized spacial score (nSPS) is 17.4. The third kappa shape index (κ3) is 5.35. The van der Waals surface area contributed by atoms with E-state index in [4.69, 9.17) is 5.11 Å². The Hall–Kier alpha value is -1.30.